The van der Waals surface area contributed by atoms with E-state index in [0.29, 0.717) is 28.3 Å². The number of rotatable bonds is 6. The zero-order chi connectivity index (χ0) is 20.1. The Balaban J connectivity index is 1.57. The van der Waals surface area contributed by atoms with Gasteiger partial charge in [-0.15, -0.1) is 0 Å². The Kier molecular flexibility index (Phi) is 5.69. The molecule has 28 heavy (non-hydrogen) atoms. The van der Waals surface area contributed by atoms with Gasteiger partial charge in [0.2, 0.25) is 5.91 Å². The summed E-state index contributed by atoms with van der Waals surface area (Å²) in [5.74, 6) is -0.320. The number of carbonyl (C=O) groups excluding carboxylic acids is 2. The standard InChI is InChI=1S/C20H19FN4O3/c1-13-9-14(3-8-18(13)21)20(27)24-16-10-22-25(11-16)12-19(26)23-15-4-6-17(28-2)7-5-15/h3-11H,12H2,1-2H3,(H,23,26)(H,24,27). The molecule has 2 aromatic carbocycles. The van der Waals surface area contributed by atoms with Crippen LogP contribution in [-0.2, 0) is 11.3 Å². The topological polar surface area (TPSA) is 85.2 Å². The van der Waals surface area contributed by atoms with Crippen molar-refractivity contribution in [2.45, 2.75) is 13.5 Å². The minimum atomic E-state index is -0.384. The second-order valence-electron chi connectivity index (χ2n) is 6.12. The van der Waals surface area contributed by atoms with E-state index in [1.165, 1.54) is 29.1 Å². The predicted octanol–water partition coefficient (Wildman–Crippen LogP) is 3.23. The quantitative estimate of drug-likeness (QED) is 0.685. The van der Waals surface area contributed by atoms with Gasteiger partial charge in [-0.1, -0.05) is 0 Å². The van der Waals surface area contributed by atoms with Gasteiger partial charge in [0.25, 0.3) is 5.91 Å². The number of halogens is 1. The van der Waals surface area contributed by atoms with Gasteiger partial charge in [-0.25, -0.2) is 4.39 Å². The lowest BCUT2D eigenvalue weighted by Gasteiger charge is -2.06. The molecule has 0 fully saturated rings. The number of nitrogens with one attached hydrogen (secondary N) is 2. The average Bonchev–Trinajstić information content (AvgIpc) is 3.11. The first-order valence-electron chi connectivity index (χ1n) is 8.48. The fourth-order valence-electron chi connectivity index (χ4n) is 2.53. The van der Waals surface area contributed by atoms with E-state index in [1.54, 1.807) is 44.5 Å². The molecule has 8 heteroatoms. The second-order valence-corrected chi connectivity index (χ2v) is 6.12. The molecule has 2 N–H and O–H groups in total. The van der Waals surface area contributed by atoms with E-state index in [-0.39, 0.29) is 24.2 Å². The Labute approximate surface area is 161 Å². The van der Waals surface area contributed by atoms with Gasteiger partial charge in [-0.2, -0.15) is 5.10 Å². The first-order valence-corrected chi connectivity index (χ1v) is 8.48. The molecule has 0 aliphatic heterocycles. The van der Waals surface area contributed by atoms with Crippen LogP contribution in [0.15, 0.2) is 54.9 Å². The van der Waals surface area contributed by atoms with Crippen molar-refractivity contribution in [3.63, 3.8) is 0 Å². The monoisotopic (exact) mass is 382 g/mol. The minimum Gasteiger partial charge on any atom is -0.497 e. The van der Waals surface area contributed by atoms with E-state index in [1.807, 2.05) is 0 Å². The molecule has 0 saturated carbocycles. The largest absolute Gasteiger partial charge is 0.497 e. The van der Waals surface area contributed by atoms with Gasteiger partial charge in [-0.3, -0.25) is 14.3 Å². The maximum atomic E-state index is 13.3. The van der Waals surface area contributed by atoms with Crippen LogP contribution in [-0.4, -0.2) is 28.7 Å². The van der Waals surface area contributed by atoms with Crippen molar-refractivity contribution in [1.82, 2.24) is 9.78 Å². The van der Waals surface area contributed by atoms with E-state index in [4.69, 9.17) is 4.74 Å². The second kappa shape index (κ2) is 8.34. The van der Waals surface area contributed by atoms with Crippen LogP contribution in [0.4, 0.5) is 15.8 Å². The Hall–Kier alpha value is -3.68. The Morgan fingerprint density at radius 2 is 1.86 bits per heavy atom. The van der Waals surface area contributed by atoms with Crippen molar-refractivity contribution < 1.29 is 18.7 Å². The summed E-state index contributed by atoms with van der Waals surface area (Å²) in [7, 11) is 1.57. The number of carbonyl (C=O) groups is 2. The van der Waals surface area contributed by atoms with E-state index in [9.17, 15) is 14.0 Å². The van der Waals surface area contributed by atoms with Gasteiger partial charge < -0.3 is 15.4 Å². The molecular formula is C20H19FN4O3. The van der Waals surface area contributed by atoms with E-state index in [0.717, 1.165) is 0 Å². The highest BCUT2D eigenvalue weighted by Gasteiger charge is 2.11. The molecule has 144 valence electrons. The van der Waals surface area contributed by atoms with Gasteiger partial charge in [0, 0.05) is 17.4 Å². The molecule has 0 atom stereocenters. The molecule has 2 amide bonds. The summed E-state index contributed by atoms with van der Waals surface area (Å²) in [6, 6.07) is 11.1. The number of hydrogen-bond donors (Lipinski definition) is 2. The van der Waals surface area contributed by atoms with Crippen LogP contribution in [0.1, 0.15) is 15.9 Å². The van der Waals surface area contributed by atoms with Crippen molar-refractivity contribution >= 4 is 23.2 Å². The molecule has 0 spiro atoms. The highest BCUT2D eigenvalue weighted by Crippen LogP contribution is 2.15. The number of nitrogens with zero attached hydrogens (tertiary/aromatic N) is 2. The third-order valence-electron chi connectivity index (χ3n) is 3.99. The summed E-state index contributed by atoms with van der Waals surface area (Å²) in [5, 5.41) is 9.49. The summed E-state index contributed by atoms with van der Waals surface area (Å²) < 4.78 is 19.8. The van der Waals surface area contributed by atoms with Gasteiger partial charge in [-0.05, 0) is 55.0 Å². The average molecular weight is 382 g/mol. The molecule has 3 rings (SSSR count). The molecule has 0 saturated heterocycles. The van der Waals surface area contributed by atoms with Crippen molar-refractivity contribution in [3.8, 4) is 5.75 Å². The molecule has 0 aliphatic carbocycles. The molecular weight excluding hydrogens is 363 g/mol. The summed E-state index contributed by atoms with van der Waals surface area (Å²) in [5.41, 5.74) is 1.80. The lowest BCUT2D eigenvalue weighted by molar-refractivity contribution is -0.116. The molecule has 3 aromatic rings. The van der Waals surface area contributed by atoms with Crippen LogP contribution in [0.25, 0.3) is 0 Å². The lowest BCUT2D eigenvalue weighted by Crippen LogP contribution is -2.19. The van der Waals surface area contributed by atoms with Gasteiger partial charge in [0.15, 0.2) is 0 Å². The predicted molar refractivity (Wildman–Crippen MR) is 103 cm³/mol. The number of benzene rings is 2. The molecule has 7 nitrogen and oxygen atoms in total. The van der Waals surface area contributed by atoms with Gasteiger partial charge in [0.05, 0.1) is 19.0 Å². The normalized spacial score (nSPS) is 10.4. The van der Waals surface area contributed by atoms with E-state index >= 15 is 0 Å². The third kappa shape index (κ3) is 4.73. The number of anilines is 2. The summed E-state index contributed by atoms with van der Waals surface area (Å²) >= 11 is 0. The summed E-state index contributed by atoms with van der Waals surface area (Å²) in [6.07, 6.45) is 2.98. The van der Waals surface area contributed by atoms with Crippen LogP contribution in [0.2, 0.25) is 0 Å². The molecule has 0 aliphatic rings. The Bertz CT molecular complexity index is 999. The first-order chi connectivity index (χ1) is 13.4. The van der Waals surface area contributed by atoms with Crippen LogP contribution >= 0.6 is 0 Å². The number of hydrogen-bond acceptors (Lipinski definition) is 4. The number of methoxy groups -OCH3 is 1. The summed E-state index contributed by atoms with van der Waals surface area (Å²) in [4.78, 5) is 24.4. The third-order valence-corrected chi connectivity index (χ3v) is 3.99. The van der Waals surface area contributed by atoms with Crippen molar-refractivity contribution in [3.05, 3.63) is 71.8 Å². The zero-order valence-corrected chi connectivity index (χ0v) is 15.4. The van der Waals surface area contributed by atoms with E-state index < -0.39 is 0 Å². The Morgan fingerprint density at radius 3 is 2.54 bits per heavy atom. The van der Waals surface area contributed by atoms with Crippen molar-refractivity contribution in [2.75, 3.05) is 17.7 Å². The summed E-state index contributed by atoms with van der Waals surface area (Å²) in [6.45, 7) is 1.57. The minimum absolute atomic E-state index is 0.0163. The smallest absolute Gasteiger partial charge is 0.255 e. The highest BCUT2D eigenvalue weighted by atomic mass is 19.1. The fourth-order valence-corrected chi connectivity index (χ4v) is 2.53. The maximum absolute atomic E-state index is 13.3. The van der Waals surface area contributed by atoms with E-state index in [2.05, 4.69) is 15.7 Å². The number of aryl methyl sites for hydroxylation is 1. The van der Waals surface area contributed by atoms with Crippen LogP contribution < -0.4 is 15.4 Å². The van der Waals surface area contributed by atoms with Gasteiger partial charge in [0.1, 0.15) is 18.1 Å². The molecule has 1 aromatic heterocycles. The number of amides is 2. The zero-order valence-electron chi connectivity index (χ0n) is 15.4. The van der Waals surface area contributed by atoms with Crippen molar-refractivity contribution in [2.24, 2.45) is 0 Å². The molecule has 0 unspecified atom stereocenters. The number of aromatic nitrogens is 2. The fraction of sp³-hybridized carbons (Fsp3) is 0.150. The van der Waals surface area contributed by atoms with Crippen LogP contribution in [0, 0.1) is 12.7 Å². The molecule has 0 bridgehead atoms. The SMILES string of the molecule is COc1ccc(NC(=O)Cn2cc(NC(=O)c3ccc(F)c(C)c3)cn2)cc1. The van der Waals surface area contributed by atoms with Crippen LogP contribution in [0.5, 0.6) is 5.75 Å². The lowest BCUT2D eigenvalue weighted by atomic mass is 10.1. The van der Waals surface area contributed by atoms with Crippen LogP contribution in [0.3, 0.4) is 0 Å². The maximum Gasteiger partial charge on any atom is 0.255 e. The Morgan fingerprint density at radius 1 is 1.11 bits per heavy atom. The van der Waals surface area contributed by atoms with Crippen molar-refractivity contribution in [1.29, 1.82) is 0 Å². The first kappa shape index (κ1) is 19.1. The highest BCUT2D eigenvalue weighted by molar-refractivity contribution is 6.04. The molecule has 0 radical (unpaired) electrons. The van der Waals surface area contributed by atoms with Gasteiger partial charge >= 0.3 is 0 Å². The number of ether oxygens (including phenoxy) is 1. The molecule has 1 heterocycles.